The van der Waals surface area contributed by atoms with Crippen LogP contribution in [-0.2, 0) is 29.5 Å². The van der Waals surface area contributed by atoms with Gasteiger partial charge in [-0.3, -0.25) is 14.3 Å². The van der Waals surface area contributed by atoms with Gasteiger partial charge in [-0.05, 0) is 56.9 Å². The molecule has 0 aliphatic heterocycles. The minimum absolute atomic E-state index is 0.144. The van der Waals surface area contributed by atoms with Crippen molar-refractivity contribution >= 4 is 17.7 Å². The summed E-state index contributed by atoms with van der Waals surface area (Å²) in [7, 11) is 3.67. The summed E-state index contributed by atoms with van der Waals surface area (Å²) in [4.78, 5) is 24.6. The minimum atomic E-state index is -0.435. The molecule has 7 heteroatoms. The van der Waals surface area contributed by atoms with E-state index >= 15 is 0 Å². The van der Waals surface area contributed by atoms with Gasteiger partial charge in [0, 0.05) is 38.2 Å². The summed E-state index contributed by atoms with van der Waals surface area (Å²) >= 11 is 0. The van der Waals surface area contributed by atoms with Gasteiger partial charge in [-0.2, -0.15) is 5.10 Å². The van der Waals surface area contributed by atoms with Crippen LogP contribution in [0.5, 0.6) is 0 Å². The zero-order valence-corrected chi connectivity index (χ0v) is 24.3. The van der Waals surface area contributed by atoms with Crippen LogP contribution in [0.3, 0.4) is 0 Å². The molecule has 7 nitrogen and oxygen atoms in total. The van der Waals surface area contributed by atoms with Gasteiger partial charge in [-0.1, -0.05) is 54.5 Å². The Morgan fingerprint density at radius 2 is 1.66 bits per heavy atom. The zero-order chi connectivity index (χ0) is 27.6. The number of carbonyl (C=O) groups excluding carboxylic acids is 2. The molecule has 35 heavy (non-hydrogen) atoms. The van der Waals surface area contributed by atoms with Gasteiger partial charge in [0.05, 0.1) is 6.20 Å². The van der Waals surface area contributed by atoms with Crippen molar-refractivity contribution in [3.63, 3.8) is 0 Å². The molecular formula is C28H50N4O3. The highest BCUT2D eigenvalue weighted by Gasteiger charge is 2.20. The summed E-state index contributed by atoms with van der Waals surface area (Å²) in [6, 6.07) is 5.56. The molecule has 0 fully saturated rings. The topological polar surface area (TPSA) is 85.2 Å². The molecule has 2 rings (SSSR count). The van der Waals surface area contributed by atoms with Crippen LogP contribution in [0.2, 0.25) is 0 Å². The number of esters is 1. The van der Waals surface area contributed by atoms with E-state index in [0.29, 0.717) is 24.9 Å². The van der Waals surface area contributed by atoms with Crippen LogP contribution >= 0.6 is 0 Å². The second-order valence-corrected chi connectivity index (χ2v) is 7.80. The van der Waals surface area contributed by atoms with Crippen LogP contribution < -0.4 is 10.6 Å². The van der Waals surface area contributed by atoms with E-state index in [-0.39, 0.29) is 11.9 Å². The number of hydrogen-bond acceptors (Lipinski definition) is 5. The lowest BCUT2D eigenvalue weighted by atomic mass is 10.0. The third kappa shape index (κ3) is 11.9. The highest BCUT2D eigenvalue weighted by Crippen LogP contribution is 2.18. The summed E-state index contributed by atoms with van der Waals surface area (Å²) in [6.45, 7) is 20.2. The number of rotatable bonds is 9. The first-order valence-electron chi connectivity index (χ1n) is 12.9. The second kappa shape index (κ2) is 18.5. The van der Waals surface area contributed by atoms with Gasteiger partial charge in [-0.25, -0.2) is 0 Å². The highest BCUT2D eigenvalue weighted by atomic mass is 16.6. The number of aromatic nitrogens is 2. The SMILES string of the molecule is CC.CC.CC.CCC(C)(C)OC(=O)CCc1ccc(C(=O)NCc2cnn(C)c2NC)cc1C. The zero-order valence-electron chi connectivity index (χ0n) is 24.3. The summed E-state index contributed by atoms with van der Waals surface area (Å²) in [5.74, 6) is 0.527. The fraction of sp³-hybridized carbons (Fsp3) is 0.607. The van der Waals surface area contributed by atoms with Crippen LogP contribution in [0.4, 0.5) is 5.82 Å². The van der Waals surface area contributed by atoms with Crippen LogP contribution in [0, 0.1) is 6.92 Å². The van der Waals surface area contributed by atoms with Crippen LogP contribution in [0.15, 0.2) is 24.4 Å². The minimum Gasteiger partial charge on any atom is -0.460 e. The van der Waals surface area contributed by atoms with Crippen molar-refractivity contribution in [3.8, 4) is 0 Å². The monoisotopic (exact) mass is 490 g/mol. The van der Waals surface area contributed by atoms with E-state index in [9.17, 15) is 9.59 Å². The molecule has 0 spiro atoms. The molecule has 0 aliphatic carbocycles. The number of carbonyl (C=O) groups is 2. The number of aryl methyl sites for hydroxylation is 3. The maximum absolute atomic E-state index is 12.5. The Morgan fingerprint density at radius 3 is 2.17 bits per heavy atom. The summed E-state index contributed by atoms with van der Waals surface area (Å²) in [5.41, 5.74) is 3.10. The molecule has 1 aromatic carbocycles. The number of hydrogen-bond donors (Lipinski definition) is 2. The predicted molar refractivity (Wildman–Crippen MR) is 148 cm³/mol. The summed E-state index contributed by atoms with van der Waals surface area (Å²) in [6.07, 6.45) is 3.42. The molecule has 0 radical (unpaired) electrons. The number of ether oxygens (including phenoxy) is 1. The van der Waals surface area contributed by atoms with Crippen molar-refractivity contribution in [1.29, 1.82) is 0 Å². The standard InChI is InChI=1S/C22H32N4O3.3C2H6/c1-7-22(3,4)29-19(27)11-10-16-8-9-17(12-15(16)2)21(28)24-13-18-14-25-26(6)20(18)23-5;3*1-2/h8-9,12,14,23H,7,10-11,13H2,1-6H3,(H,24,28);3*1-2H3. The van der Waals surface area contributed by atoms with E-state index < -0.39 is 5.60 Å². The smallest absolute Gasteiger partial charge is 0.306 e. The molecule has 0 atom stereocenters. The van der Waals surface area contributed by atoms with E-state index in [1.807, 2.05) is 95.5 Å². The Kier molecular flexibility index (Phi) is 18.1. The number of nitrogens with one attached hydrogen (secondary N) is 2. The van der Waals surface area contributed by atoms with Gasteiger partial charge in [-0.15, -0.1) is 0 Å². The Hall–Kier alpha value is -2.83. The lowest BCUT2D eigenvalue weighted by Crippen LogP contribution is -2.27. The van der Waals surface area contributed by atoms with E-state index in [1.165, 1.54) is 0 Å². The van der Waals surface area contributed by atoms with Crippen molar-refractivity contribution < 1.29 is 14.3 Å². The maximum Gasteiger partial charge on any atom is 0.306 e. The van der Waals surface area contributed by atoms with Crippen molar-refractivity contribution in [1.82, 2.24) is 15.1 Å². The number of benzene rings is 1. The molecular weight excluding hydrogens is 440 g/mol. The Bertz CT molecular complexity index is 873. The molecule has 2 N–H and O–H groups in total. The van der Waals surface area contributed by atoms with E-state index in [2.05, 4.69) is 15.7 Å². The first kappa shape index (κ1) is 34.3. The molecule has 0 saturated carbocycles. The van der Waals surface area contributed by atoms with Crippen LogP contribution in [-0.4, -0.2) is 34.3 Å². The number of anilines is 1. The molecule has 1 amide bonds. The summed E-state index contributed by atoms with van der Waals surface area (Å²) < 4.78 is 7.22. The van der Waals surface area contributed by atoms with Crippen molar-refractivity contribution in [2.75, 3.05) is 12.4 Å². The van der Waals surface area contributed by atoms with E-state index in [0.717, 1.165) is 28.9 Å². The average molecular weight is 491 g/mol. The quantitative estimate of drug-likeness (QED) is 0.395. The predicted octanol–water partition coefficient (Wildman–Crippen LogP) is 6.44. The Labute approximate surface area is 214 Å². The fourth-order valence-corrected chi connectivity index (χ4v) is 3.00. The third-order valence-electron chi connectivity index (χ3n) is 5.14. The van der Waals surface area contributed by atoms with E-state index in [4.69, 9.17) is 4.74 Å². The van der Waals surface area contributed by atoms with Crippen LogP contribution in [0.1, 0.15) is 102 Å². The van der Waals surface area contributed by atoms with Gasteiger partial charge in [0.1, 0.15) is 11.4 Å². The molecule has 1 heterocycles. The fourth-order valence-electron chi connectivity index (χ4n) is 3.00. The lowest BCUT2D eigenvalue weighted by molar-refractivity contribution is -0.156. The maximum atomic E-state index is 12.5. The molecule has 200 valence electrons. The van der Waals surface area contributed by atoms with Crippen molar-refractivity contribution in [2.24, 2.45) is 7.05 Å². The molecule has 0 bridgehead atoms. The van der Waals surface area contributed by atoms with Gasteiger partial charge in [0.2, 0.25) is 0 Å². The van der Waals surface area contributed by atoms with Gasteiger partial charge >= 0.3 is 5.97 Å². The molecule has 0 aliphatic rings. The summed E-state index contributed by atoms with van der Waals surface area (Å²) in [5, 5.41) is 10.2. The largest absolute Gasteiger partial charge is 0.460 e. The molecule has 2 aromatic rings. The average Bonchev–Trinajstić information content (AvgIpc) is 3.24. The van der Waals surface area contributed by atoms with Crippen LogP contribution in [0.25, 0.3) is 0 Å². The Balaban J connectivity index is 0. The Morgan fingerprint density at radius 1 is 1.06 bits per heavy atom. The highest BCUT2D eigenvalue weighted by molar-refractivity contribution is 5.94. The molecule has 0 unspecified atom stereocenters. The van der Waals surface area contributed by atoms with E-state index in [1.54, 1.807) is 16.9 Å². The van der Waals surface area contributed by atoms with Gasteiger partial charge < -0.3 is 15.4 Å². The number of amides is 1. The number of nitrogens with zero attached hydrogens (tertiary/aromatic N) is 2. The molecule has 1 aromatic heterocycles. The first-order chi connectivity index (χ1) is 16.7. The third-order valence-corrected chi connectivity index (χ3v) is 5.14. The second-order valence-electron chi connectivity index (χ2n) is 7.80. The normalized spacial score (nSPS) is 9.83. The molecule has 0 saturated heterocycles. The van der Waals surface area contributed by atoms with Gasteiger partial charge in [0.25, 0.3) is 5.91 Å². The first-order valence-corrected chi connectivity index (χ1v) is 12.9. The van der Waals surface area contributed by atoms with Crippen molar-refractivity contribution in [3.05, 3.63) is 46.6 Å². The van der Waals surface area contributed by atoms with Gasteiger partial charge in [0.15, 0.2) is 0 Å². The lowest BCUT2D eigenvalue weighted by Gasteiger charge is -2.23. The van der Waals surface area contributed by atoms with Crippen molar-refractivity contribution in [2.45, 2.75) is 101 Å².